The molecule has 0 bridgehead atoms. The van der Waals surface area contributed by atoms with Crippen molar-refractivity contribution in [3.63, 3.8) is 0 Å². The zero-order chi connectivity index (χ0) is 7.40. The molecule has 0 saturated carbocycles. The van der Waals surface area contributed by atoms with E-state index in [1.807, 2.05) is 0 Å². The Balaban J connectivity index is 0.000001000. The summed E-state index contributed by atoms with van der Waals surface area (Å²) in [6.45, 7) is 0. The van der Waals surface area contributed by atoms with Crippen LogP contribution < -0.4 is 67.4 Å². The van der Waals surface area contributed by atoms with Crippen LogP contribution >= 0.6 is 0 Å². The van der Waals surface area contributed by atoms with Gasteiger partial charge in [-0.3, -0.25) is 0 Å². The van der Waals surface area contributed by atoms with Gasteiger partial charge in [0.2, 0.25) is 0 Å². The first-order chi connectivity index (χ1) is 4.79. The van der Waals surface area contributed by atoms with E-state index in [0.717, 1.165) is 0 Å². The summed E-state index contributed by atoms with van der Waals surface area (Å²) in [6.07, 6.45) is 0. The van der Waals surface area contributed by atoms with Crippen LogP contribution in [0.5, 0.6) is 5.75 Å². The van der Waals surface area contributed by atoms with Crippen LogP contribution in [0.2, 0.25) is 0 Å². The molecule has 0 fully saturated rings. The molecule has 0 spiro atoms. The van der Waals surface area contributed by atoms with Crippen molar-refractivity contribution in [1.82, 2.24) is 0 Å². The van der Waals surface area contributed by atoms with E-state index in [9.17, 15) is 9.26 Å². The first-order valence-electron chi connectivity index (χ1n) is 2.73. The van der Waals surface area contributed by atoms with E-state index in [-0.39, 0.29) is 58.2 Å². The maximum absolute atomic E-state index is 10.0. The third-order valence-electron chi connectivity index (χ3n) is 0.944. The average Bonchev–Trinajstić information content (AvgIpc) is 1.88. The number of rotatable bonds is 2. The van der Waals surface area contributed by atoms with Gasteiger partial charge >= 0.3 is 67.4 Å². The fourth-order valence-corrected chi connectivity index (χ4v) is 0.913. The summed E-state index contributed by atoms with van der Waals surface area (Å²) in [4.78, 5) is 10.0. The number of hydrogen-bond donors (Lipinski definition) is 0. The Hall–Kier alpha value is 0.642. The third-order valence-corrected chi connectivity index (χ3v) is 1.35. The second-order valence-corrected chi connectivity index (χ2v) is 2.37. The van der Waals surface area contributed by atoms with Crippen LogP contribution in [0, 0.1) is 0 Å². The summed E-state index contributed by atoms with van der Waals surface area (Å²) in [5, 5.41) is 0. The first kappa shape index (κ1) is 11.6. The van der Waals surface area contributed by atoms with Crippen molar-refractivity contribution in [2.75, 3.05) is 0 Å². The molecule has 0 amide bonds. The molecule has 0 unspecified atom stereocenters. The van der Waals surface area contributed by atoms with Crippen molar-refractivity contribution in [2.45, 2.75) is 0 Å². The molecule has 0 heterocycles. The molecule has 0 atom stereocenters. The van der Waals surface area contributed by atoms with Crippen molar-refractivity contribution < 1.29 is 71.9 Å². The van der Waals surface area contributed by atoms with Crippen molar-refractivity contribution >= 4 is 9.17 Å². The molecule has 1 rings (SSSR count). The second-order valence-electron chi connectivity index (χ2n) is 1.67. The SMILES string of the molecule is O=[Si]([O-])Oc1ccccc1.[Rb+]. The summed E-state index contributed by atoms with van der Waals surface area (Å²) >= 11 is 0. The van der Waals surface area contributed by atoms with E-state index < -0.39 is 9.17 Å². The molecule has 0 aliphatic carbocycles. The third kappa shape index (κ3) is 4.97. The largest absolute Gasteiger partial charge is 1.00 e. The van der Waals surface area contributed by atoms with Crippen LogP contribution in [0.1, 0.15) is 0 Å². The Labute approximate surface area is 115 Å². The van der Waals surface area contributed by atoms with Gasteiger partial charge in [-0.05, 0) is 12.1 Å². The molecule has 0 radical (unpaired) electrons. The normalized spacial score (nSPS) is 8.00. The van der Waals surface area contributed by atoms with Gasteiger partial charge in [0, 0.05) is 5.75 Å². The Morgan fingerprint density at radius 2 is 1.82 bits per heavy atom. The van der Waals surface area contributed by atoms with Gasteiger partial charge in [-0.2, -0.15) is 0 Å². The molecule has 0 N–H and O–H groups in total. The minimum absolute atomic E-state index is 0. The van der Waals surface area contributed by atoms with Crippen molar-refractivity contribution in [3.8, 4) is 5.75 Å². The second kappa shape index (κ2) is 6.19. The van der Waals surface area contributed by atoms with Crippen molar-refractivity contribution in [1.29, 1.82) is 0 Å². The van der Waals surface area contributed by atoms with Gasteiger partial charge in [0.05, 0.1) is 0 Å². The van der Waals surface area contributed by atoms with Crippen LogP contribution in [0.3, 0.4) is 0 Å². The Bertz CT molecular complexity index is 227. The molecule has 11 heavy (non-hydrogen) atoms. The maximum atomic E-state index is 10.0. The van der Waals surface area contributed by atoms with Crippen LogP contribution in [0.4, 0.5) is 0 Å². The standard InChI is InChI=1S/C6H5O3Si.Rb/c7-10(8)9-6-4-2-1-3-5-6;/h1-5H;/q-1;+1. The molecule has 0 aliphatic rings. The molecule has 52 valence electrons. The number of hydrogen-bond acceptors (Lipinski definition) is 3. The number of benzene rings is 1. The van der Waals surface area contributed by atoms with Gasteiger partial charge in [-0.1, -0.05) is 18.2 Å². The average molecular weight is 239 g/mol. The van der Waals surface area contributed by atoms with E-state index in [0.29, 0.717) is 5.75 Å². The molecular weight excluding hydrogens is 234 g/mol. The predicted octanol–water partition coefficient (Wildman–Crippen LogP) is -3.15. The van der Waals surface area contributed by atoms with E-state index in [4.69, 9.17) is 0 Å². The topological polar surface area (TPSA) is 49.4 Å². The minimum atomic E-state index is -3.09. The van der Waals surface area contributed by atoms with Crippen molar-refractivity contribution in [2.24, 2.45) is 0 Å². The quantitative estimate of drug-likeness (QED) is 0.512. The maximum Gasteiger partial charge on any atom is 1.00 e. The fraction of sp³-hybridized carbons (Fsp3) is 0. The summed E-state index contributed by atoms with van der Waals surface area (Å²) in [7, 11) is -3.09. The molecular formula is C6H5O3RbSi. The molecule has 0 aromatic heterocycles. The van der Waals surface area contributed by atoms with Crippen LogP contribution in [0.25, 0.3) is 0 Å². The van der Waals surface area contributed by atoms with Gasteiger partial charge in [0.15, 0.2) is 0 Å². The predicted molar refractivity (Wildman–Crippen MR) is 33.5 cm³/mol. The van der Waals surface area contributed by atoms with Gasteiger partial charge in [0.25, 0.3) is 0 Å². The number of para-hydroxylation sites is 1. The zero-order valence-electron chi connectivity index (χ0n) is 6.11. The molecule has 5 heteroatoms. The Kier molecular flexibility index (Phi) is 6.55. The van der Waals surface area contributed by atoms with Gasteiger partial charge in [0.1, 0.15) is 0 Å². The Morgan fingerprint density at radius 1 is 1.27 bits per heavy atom. The van der Waals surface area contributed by atoms with Gasteiger partial charge in [-0.15, -0.1) is 0 Å². The zero-order valence-corrected chi connectivity index (χ0v) is 12.0. The fourth-order valence-electron chi connectivity index (χ4n) is 0.585. The van der Waals surface area contributed by atoms with Gasteiger partial charge < -0.3 is 13.7 Å². The smallest absolute Gasteiger partial charge is 0.554 e. The van der Waals surface area contributed by atoms with Gasteiger partial charge in [-0.25, -0.2) is 0 Å². The van der Waals surface area contributed by atoms with E-state index in [2.05, 4.69) is 4.43 Å². The summed E-state index contributed by atoms with van der Waals surface area (Å²) in [6, 6.07) is 8.37. The Morgan fingerprint density at radius 3 is 2.27 bits per heavy atom. The summed E-state index contributed by atoms with van der Waals surface area (Å²) < 4.78 is 14.4. The van der Waals surface area contributed by atoms with Crippen LogP contribution in [0.15, 0.2) is 30.3 Å². The molecule has 0 aliphatic heterocycles. The van der Waals surface area contributed by atoms with E-state index in [1.54, 1.807) is 30.3 Å². The summed E-state index contributed by atoms with van der Waals surface area (Å²) in [5.41, 5.74) is 0. The van der Waals surface area contributed by atoms with Crippen LogP contribution in [-0.4, -0.2) is 9.17 Å². The molecule has 0 saturated heterocycles. The summed E-state index contributed by atoms with van der Waals surface area (Å²) in [5.74, 6) is 0.362. The molecule has 1 aromatic carbocycles. The molecule has 3 nitrogen and oxygen atoms in total. The van der Waals surface area contributed by atoms with E-state index >= 15 is 0 Å². The molecule has 1 aromatic rings. The monoisotopic (exact) mass is 238 g/mol. The minimum Gasteiger partial charge on any atom is -0.554 e. The van der Waals surface area contributed by atoms with Crippen molar-refractivity contribution in [3.05, 3.63) is 30.3 Å². The van der Waals surface area contributed by atoms with Crippen LogP contribution in [-0.2, 0) is 4.46 Å². The first-order valence-corrected chi connectivity index (χ1v) is 3.95. The van der Waals surface area contributed by atoms with E-state index in [1.165, 1.54) is 0 Å².